The Morgan fingerprint density at radius 1 is 1.47 bits per heavy atom. The number of aromatic amines is 1. The van der Waals surface area contributed by atoms with E-state index in [4.69, 9.17) is 4.74 Å². The number of fused-ring (bicyclic) bond motifs is 1. The summed E-state index contributed by atoms with van der Waals surface area (Å²) in [5, 5.41) is 11.0. The predicted molar refractivity (Wildman–Crippen MR) is 60.5 cm³/mol. The third kappa shape index (κ3) is 2.60. The van der Waals surface area contributed by atoms with E-state index in [-0.39, 0.29) is 5.88 Å². The van der Waals surface area contributed by atoms with Gasteiger partial charge in [-0.05, 0) is 18.6 Å². The molecule has 1 aromatic carbocycles. The third-order valence-corrected chi connectivity index (χ3v) is 2.24. The van der Waals surface area contributed by atoms with Gasteiger partial charge >= 0.3 is 5.97 Å². The lowest BCUT2D eigenvalue weighted by molar-refractivity contribution is -0.469. The van der Waals surface area contributed by atoms with E-state index < -0.39 is 17.4 Å². The van der Waals surface area contributed by atoms with E-state index >= 15 is 0 Å². The summed E-state index contributed by atoms with van der Waals surface area (Å²) < 4.78 is 4.81. The maximum atomic E-state index is 11.1. The molecule has 0 spiro atoms. The average Bonchev–Trinajstić information content (AvgIpc) is 2.57. The topological polar surface area (TPSA) is 85.2 Å². The van der Waals surface area contributed by atoms with Crippen LogP contribution in [-0.2, 0) is 4.79 Å². The number of rotatable bonds is 3. The van der Waals surface area contributed by atoms with E-state index in [2.05, 4.69) is 4.98 Å². The van der Waals surface area contributed by atoms with Gasteiger partial charge in [-0.25, -0.2) is 4.79 Å². The van der Waals surface area contributed by atoms with Crippen LogP contribution in [0.3, 0.4) is 0 Å². The monoisotopic (exact) mass is 234 g/mol. The van der Waals surface area contributed by atoms with Crippen molar-refractivity contribution >= 4 is 16.9 Å². The first-order valence-corrected chi connectivity index (χ1v) is 4.96. The summed E-state index contributed by atoms with van der Waals surface area (Å²) in [5.41, 5.74) is 1.90. The number of esters is 1. The zero-order chi connectivity index (χ0) is 12.4. The molecule has 2 rings (SSSR count). The zero-order valence-corrected chi connectivity index (χ0v) is 9.10. The fourth-order valence-corrected chi connectivity index (χ4v) is 1.53. The first-order chi connectivity index (χ1) is 8.04. The van der Waals surface area contributed by atoms with Crippen molar-refractivity contribution in [1.29, 1.82) is 0 Å². The Hall–Kier alpha value is -2.37. The number of hydrogen-bond acceptors (Lipinski definition) is 4. The second-order valence-corrected chi connectivity index (χ2v) is 3.69. The van der Waals surface area contributed by atoms with E-state index in [1.807, 2.05) is 25.1 Å². The predicted octanol–water partition coefficient (Wildman–Crippen LogP) is 1.66. The Bertz CT molecular complexity index is 588. The van der Waals surface area contributed by atoms with Crippen LogP contribution in [0.2, 0.25) is 0 Å². The quantitative estimate of drug-likeness (QED) is 0.497. The molecule has 1 N–H and O–H groups in total. The molecule has 0 saturated carbocycles. The van der Waals surface area contributed by atoms with Gasteiger partial charge in [0.15, 0.2) is 0 Å². The molecule has 1 aromatic heterocycles. The molecule has 2 aromatic rings. The Morgan fingerprint density at radius 3 is 2.94 bits per heavy atom. The van der Waals surface area contributed by atoms with Crippen molar-refractivity contribution in [2.45, 2.75) is 6.92 Å². The summed E-state index contributed by atoms with van der Waals surface area (Å²) >= 11 is 0. The molecular weight excluding hydrogens is 224 g/mol. The van der Waals surface area contributed by atoms with Crippen LogP contribution in [0.1, 0.15) is 5.56 Å². The van der Waals surface area contributed by atoms with Crippen LogP contribution in [0.4, 0.5) is 0 Å². The van der Waals surface area contributed by atoms with Crippen molar-refractivity contribution in [1.82, 2.24) is 4.98 Å². The first-order valence-electron chi connectivity index (χ1n) is 4.96. The summed E-state index contributed by atoms with van der Waals surface area (Å²) in [4.78, 5) is 23.3. The minimum atomic E-state index is -0.890. The number of H-pyrrole nitrogens is 1. The van der Waals surface area contributed by atoms with Gasteiger partial charge in [-0.1, -0.05) is 12.1 Å². The van der Waals surface area contributed by atoms with E-state index in [1.54, 1.807) is 6.07 Å². The summed E-state index contributed by atoms with van der Waals surface area (Å²) in [6.07, 6.45) is 0. The summed E-state index contributed by atoms with van der Waals surface area (Å²) in [5.74, 6) is -0.671. The second-order valence-electron chi connectivity index (χ2n) is 3.69. The van der Waals surface area contributed by atoms with Crippen LogP contribution in [-0.4, -0.2) is 22.4 Å². The Kier molecular flexibility index (Phi) is 2.78. The molecule has 0 aliphatic carbocycles. The zero-order valence-electron chi connectivity index (χ0n) is 9.10. The lowest BCUT2D eigenvalue weighted by Gasteiger charge is -1.96. The van der Waals surface area contributed by atoms with E-state index in [0.717, 1.165) is 16.5 Å². The maximum Gasteiger partial charge on any atom is 0.385 e. The molecule has 0 aliphatic rings. The van der Waals surface area contributed by atoms with Crippen molar-refractivity contribution in [3.8, 4) is 5.88 Å². The number of benzene rings is 1. The number of nitrogens with one attached hydrogen (secondary N) is 1. The van der Waals surface area contributed by atoms with Crippen molar-refractivity contribution < 1.29 is 14.5 Å². The fourth-order valence-electron chi connectivity index (χ4n) is 1.53. The molecule has 6 heteroatoms. The first kappa shape index (κ1) is 11.1. The number of aryl methyl sites for hydroxylation is 1. The molecule has 17 heavy (non-hydrogen) atoms. The van der Waals surface area contributed by atoms with E-state index in [1.165, 1.54) is 0 Å². The Balaban J connectivity index is 2.19. The van der Waals surface area contributed by atoms with Gasteiger partial charge in [-0.2, -0.15) is 0 Å². The summed E-state index contributed by atoms with van der Waals surface area (Å²) in [6.45, 7) is 1.10. The molecule has 6 nitrogen and oxygen atoms in total. The minimum absolute atomic E-state index is 0.220. The largest absolute Gasteiger partial charge is 0.405 e. The van der Waals surface area contributed by atoms with Gasteiger partial charge in [-0.15, -0.1) is 0 Å². The molecule has 1 heterocycles. The Morgan fingerprint density at radius 2 is 2.24 bits per heavy atom. The average molecular weight is 234 g/mol. The van der Waals surface area contributed by atoms with Crippen LogP contribution >= 0.6 is 0 Å². The SMILES string of the molecule is Cc1ccc2cc(OC(=O)C[N+](=O)[O-])[nH]c2c1. The number of nitrogens with zero attached hydrogens (tertiary/aromatic N) is 1. The van der Waals surface area contributed by atoms with Gasteiger partial charge in [0.25, 0.3) is 6.54 Å². The highest BCUT2D eigenvalue weighted by Gasteiger charge is 2.13. The molecule has 0 radical (unpaired) electrons. The van der Waals surface area contributed by atoms with Gasteiger partial charge in [-0.3, -0.25) is 10.1 Å². The molecule has 0 fully saturated rings. The number of aromatic nitrogens is 1. The van der Waals surface area contributed by atoms with Crippen LogP contribution in [0, 0.1) is 17.0 Å². The van der Waals surface area contributed by atoms with Gasteiger partial charge in [0.2, 0.25) is 5.88 Å². The number of ether oxygens (including phenoxy) is 1. The van der Waals surface area contributed by atoms with E-state index in [9.17, 15) is 14.9 Å². The maximum absolute atomic E-state index is 11.1. The molecule has 88 valence electrons. The lowest BCUT2D eigenvalue weighted by atomic mass is 10.2. The molecule has 0 bridgehead atoms. The van der Waals surface area contributed by atoms with E-state index in [0.29, 0.717) is 0 Å². The second kappa shape index (κ2) is 4.25. The third-order valence-electron chi connectivity index (χ3n) is 2.24. The molecule has 0 atom stereocenters. The highest BCUT2D eigenvalue weighted by atomic mass is 16.6. The lowest BCUT2D eigenvalue weighted by Crippen LogP contribution is -2.19. The molecule has 0 aliphatic heterocycles. The van der Waals surface area contributed by atoms with Crippen molar-refractivity contribution in [2.24, 2.45) is 0 Å². The standard InChI is InChI=1S/C11H10N2O4/c1-7-2-3-8-5-10(12-9(8)4-7)17-11(14)6-13(15)16/h2-5,12H,6H2,1H3. The van der Waals surface area contributed by atoms with Gasteiger partial charge in [0.05, 0.1) is 0 Å². The normalized spacial score (nSPS) is 10.4. The Labute approximate surface area is 96.3 Å². The van der Waals surface area contributed by atoms with Crippen LogP contribution in [0.15, 0.2) is 24.3 Å². The number of carbonyl (C=O) groups is 1. The van der Waals surface area contributed by atoms with Crippen molar-refractivity contribution in [2.75, 3.05) is 6.54 Å². The van der Waals surface area contributed by atoms with Crippen LogP contribution in [0.5, 0.6) is 5.88 Å². The molecule has 0 saturated heterocycles. The van der Waals surface area contributed by atoms with Gasteiger partial charge in [0.1, 0.15) is 0 Å². The van der Waals surface area contributed by atoms with Gasteiger partial charge in [0, 0.05) is 21.9 Å². The fraction of sp³-hybridized carbons (Fsp3) is 0.182. The number of carbonyl (C=O) groups excluding carboxylic acids is 1. The minimum Gasteiger partial charge on any atom is -0.405 e. The van der Waals surface area contributed by atoms with Gasteiger partial charge < -0.3 is 9.72 Å². The van der Waals surface area contributed by atoms with Crippen LogP contribution in [0.25, 0.3) is 10.9 Å². The number of hydrogen-bond donors (Lipinski definition) is 1. The molecule has 0 amide bonds. The molecular formula is C11H10N2O4. The number of nitro groups is 1. The summed E-state index contributed by atoms with van der Waals surface area (Å²) in [6, 6.07) is 7.34. The van der Waals surface area contributed by atoms with Crippen molar-refractivity contribution in [3.05, 3.63) is 39.9 Å². The summed E-state index contributed by atoms with van der Waals surface area (Å²) in [7, 11) is 0. The van der Waals surface area contributed by atoms with Crippen LogP contribution < -0.4 is 4.74 Å². The highest BCUT2D eigenvalue weighted by molar-refractivity contribution is 5.83. The van der Waals surface area contributed by atoms with Crippen molar-refractivity contribution in [3.63, 3.8) is 0 Å². The molecule has 0 unspecified atom stereocenters. The highest BCUT2D eigenvalue weighted by Crippen LogP contribution is 2.21. The smallest absolute Gasteiger partial charge is 0.385 e.